The highest BCUT2D eigenvalue weighted by atomic mass is 19.1. The van der Waals surface area contributed by atoms with Crippen LogP contribution in [0.4, 0.5) is 14.6 Å². The lowest BCUT2D eigenvalue weighted by molar-refractivity contribution is 0.102. The molecular formula is C20H11F2N5O. The van der Waals surface area contributed by atoms with Gasteiger partial charge in [-0.05, 0) is 36.4 Å². The number of nitriles is 1. The molecule has 0 saturated carbocycles. The highest BCUT2D eigenvalue weighted by Gasteiger charge is 2.19. The quantitative estimate of drug-likeness (QED) is 0.590. The second-order valence-electron chi connectivity index (χ2n) is 5.87. The predicted molar refractivity (Wildman–Crippen MR) is 97.9 cm³/mol. The number of fused-ring (bicyclic) bond motifs is 1. The fourth-order valence-corrected chi connectivity index (χ4v) is 2.74. The van der Waals surface area contributed by atoms with Gasteiger partial charge in [0.1, 0.15) is 23.3 Å². The van der Waals surface area contributed by atoms with Gasteiger partial charge in [-0.15, -0.1) is 0 Å². The van der Waals surface area contributed by atoms with Crippen molar-refractivity contribution in [2.24, 2.45) is 0 Å². The average Bonchev–Trinajstić information content (AvgIpc) is 3.11. The SMILES string of the molecule is N#Cc1cnn(-c2ccc3ccccc3n2)c1NC(=O)c1cc(F)ccc1F. The minimum Gasteiger partial charge on any atom is -0.305 e. The lowest BCUT2D eigenvalue weighted by Gasteiger charge is -2.10. The van der Waals surface area contributed by atoms with Gasteiger partial charge in [0, 0.05) is 5.39 Å². The molecule has 4 aromatic rings. The lowest BCUT2D eigenvalue weighted by atomic mass is 10.2. The summed E-state index contributed by atoms with van der Waals surface area (Å²) >= 11 is 0. The fraction of sp³-hybridized carbons (Fsp3) is 0. The smallest absolute Gasteiger partial charge is 0.259 e. The van der Waals surface area contributed by atoms with Gasteiger partial charge in [0.15, 0.2) is 11.6 Å². The number of benzene rings is 2. The van der Waals surface area contributed by atoms with E-state index in [9.17, 15) is 18.8 Å². The number of hydrogen-bond donors (Lipinski definition) is 1. The number of nitrogens with zero attached hydrogens (tertiary/aromatic N) is 4. The van der Waals surface area contributed by atoms with Gasteiger partial charge >= 0.3 is 0 Å². The van der Waals surface area contributed by atoms with Crippen LogP contribution in [0, 0.1) is 23.0 Å². The zero-order chi connectivity index (χ0) is 19.7. The molecule has 0 atom stereocenters. The van der Waals surface area contributed by atoms with Gasteiger partial charge in [0.2, 0.25) is 0 Å². The number of aromatic nitrogens is 3. The molecule has 0 aliphatic rings. The first-order valence-electron chi connectivity index (χ1n) is 8.17. The number of anilines is 1. The molecule has 6 nitrogen and oxygen atoms in total. The molecule has 0 aliphatic heterocycles. The molecule has 0 saturated heterocycles. The number of amides is 1. The normalized spacial score (nSPS) is 10.6. The summed E-state index contributed by atoms with van der Waals surface area (Å²) in [4.78, 5) is 16.9. The van der Waals surface area contributed by atoms with Crippen LogP contribution in [0.15, 0.2) is 60.8 Å². The summed E-state index contributed by atoms with van der Waals surface area (Å²) in [7, 11) is 0. The van der Waals surface area contributed by atoms with Crippen molar-refractivity contribution >= 4 is 22.6 Å². The van der Waals surface area contributed by atoms with Crippen molar-refractivity contribution in [2.75, 3.05) is 5.32 Å². The molecule has 28 heavy (non-hydrogen) atoms. The van der Waals surface area contributed by atoms with E-state index in [2.05, 4.69) is 15.4 Å². The Bertz CT molecular complexity index is 1260. The monoisotopic (exact) mass is 375 g/mol. The van der Waals surface area contributed by atoms with Gasteiger partial charge < -0.3 is 5.32 Å². The first kappa shape index (κ1) is 17.3. The van der Waals surface area contributed by atoms with E-state index in [-0.39, 0.29) is 11.4 Å². The molecule has 0 fully saturated rings. The van der Waals surface area contributed by atoms with Crippen LogP contribution in [0.25, 0.3) is 16.7 Å². The van der Waals surface area contributed by atoms with E-state index in [1.165, 1.54) is 10.9 Å². The van der Waals surface area contributed by atoms with E-state index >= 15 is 0 Å². The number of rotatable bonds is 3. The number of carbonyl (C=O) groups excluding carboxylic acids is 1. The van der Waals surface area contributed by atoms with Crippen molar-refractivity contribution in [3.8, 4) is 11.9 Å². The van der Waals surface area contributed by atoms with Crippen molar-refractivity contribution < 1.29 is 13.6 Å². The van der Waals surface area contributed by atoms with Crippen LogP contribution in [-0.2, 0) is 0 Å². The first-order chi connectivity index (χ1) is 13.6. The molecule has 0 spiro atoms. The van der Waals surface area contributed by atoms with Crippen molar-refractivity contribution in [1.82, 2.24) is 14.8 Å². The maximum atomic E-state index is 13.9. The number of hydrogen-bond acceptors (Lipinski definition) is 4. The standard InChI is InChI=1S/C20H11F2N5O/c21-14-6-7-16(22)15(9-14)20(28)26-19-13(10-23)11-24-27(19)18-8-5-12-3-1-2-4-17(12)25-18/h1-9,11H,(H,26,28). The fourth-order valence-electron chi connectivity index (χ4n) is 2.74. The summed E-state index contributed by atoms with van der Waals surface area (Å²) in [6.45, 7) is 0. The molecule has 0 bridgehead atoms. The summed E-state index contributed by atoms with van der Waals surface area (Å²) in [5, 5.41) is 16.8. The number of para-hydroxylation sites is 1. The summed E-state index contributed by atoms with van der Waals surface area (Å²) < 4.78 is 28.6. The highest BCUT2D eigenvalue weighted by Crippen LogP contribution is 2.22. The van der Waals surface area contributed by atoms with E-state index in [1.807, 2.05) is 36.4 Å². The van der Waals surface area contributed by atoms with E-state index in [0.29, 0.717) is 11.3 Å². The molecule has 0 unspecified atom stereocenters. The second-order valence-corrected chi connectivity index (χ2v) is 5.87. The van der Waals surface area contributed by atoms with E-state index < -0.39 is 23.1 Å². The Kier molecular flexibility index (Phi) is 4.26. The number of pyridine rings is 1. The van der Waals surface area contributed by atoms with E-state index in [4.69, 9.17) is 0 Å². The third-order valence-electron chi connectivity index (χ3n) is 4.10. The number of halogens is 2. The van der Waals surface area contributed by atoms with Crippen LogP contribution >= 0.6 is 0 Å². The molecule has 2 aromatic carbocycles. The van der Waals surface area contributed by atoms with Crippen LogP contribution in [0.1, 0.15) is 15.9 Å². The third kappa shape index (κ3) is 3.05. The van der Waals surface area contributed by atoms with Crippen LogP contribution in [0.5, 0.6) is 0 Å². The Labute approximate surface area is 157 Å². The van der Waals surface area contributed by atoms with Crippen LogP contribution in [-0.4, -0.2) is 20.7 Å². The zero-order valence-electron chi connectivity index (χ0n) is 14.2. The Morgan fingerprint density at radius 2 is 1.93 bits per heavy atom. The molecule has 1 N–H and O–H groups in total. The first-order valence-corrected chi connectivity index (χ1v) is 8.17. The van der Waals surface area contributed by atoms with E-state index in [0.717, 1.165) is 23.6 Å². The van der Waals surface area contributed by atoms with Gasteiger partial charge in [-0.1, -0.05) is 18.2 Å². The van der Waals surface area contributed by atoms with Gasteiger partial charge in [-0.2, -0.15) is 15.0 Å². The summed E-state index contributed by atoms with van der Waals surface area (Å²) in [5.41, 5.74) is 0.269. The molecule has 4 rings (SSSR count). The van der Waals surface area contributed by atoms with Crippen molar-refractivity contribution in [3.63, 3.8) is 0 Å². The van der Waals surface area contributed by atoms with Gasteiger partial charge in [-0.3, -0.25) is 4.79 Å². The molecule has 0 aliphatic carbocycles. The Hall–Kier alpha value is -4.12. The van der Waals surface area contributed by atoms with Gasteiger partial charge in [-0.25, -0.2) is 13.8 Å². The molecule has 2 heterocycles. The molecule has 8 heteroatoms. The van der Waals surface area contributed by atoms with Crippen molar-refractivity contribution in [1.29, 1.82) is 5.26 Å². The minimum absolute atomic E-state index is 0.0129. The zero-order valence-corrected chi connectivity index (χ0v) is 14.2. The summed E-state index contributed by atoms with van der Waals surface area (Å²) in [5.74, 6) is -2.17. The van der Waals surface area contributed by atoms with Crippen molar-refractivity contribution in [2.45, 2.75) is 0 Å². The van der Waals surface area contributed by atoms with E-state index in [1.54, 1.807) is 6.07 Å². The number of nitrogens with one attached hydrogen (secondary N) is 1. The van der Waals surface area contributed by atoms with Crippen LogP contribution in [0.2, 0.25) is 0 Å². The van der Waals surface area contributed by atoms with Crippen LogP contribution in [0.3, 0.4) is 0 Å². The van der Waals surface area contributed by atoms with Crippen LogP contribution < -0.4 is 5.32 Å². The minimum atomic E-state index is -0.906. The lowest BCUT2D eigenvalue weighted by Crippen LogP contribution is -2.18. The van der Waals surface area contributed by atoms with Gasteiger partial charge in [0.25, 0.3) is 5.91 Å². The largest absolute Gasteiger partial charge is 0.305 e. The average molecular weight is 375 g/mol. The molecular weight excluding hydrogens is 364 g/mol. The second kappa shape index (κ2) is 6.89. The summed E-state index contributed by atoms with van der Waals surface area (Å²) in [6, 6.07) is 15.4. The third-order valence-corrected chi connectivity index (χ3v) is 4.10. The Morgan fingerprint density at radius 1 is 1.11 bits per heavy atom. The molecule has 2 aromatic heterocycles. The molecule has 0 radical (unpaired) electrons. The van der Waals surface area contributed by atoms with Crippen molar-refractivity contribution in [3.05, 3.63) is 83.6 Å². The summed E-state index contributed by atoms with van der Waals surface area (Å²) in [6.07, 6.45) is 1.26. The highest BCUT2D eigenvalue weighted by molar-refractivity contribution is 6.04. The molecule has 1 amide bonds. The Balaban J connectivity index is 1.77. The number of carbonyl (C=O) groups is 1. The maximum absolute atomic E-state index is 13.9. The van der Waals surface area contributed by atoms with Gasteiger partial charge in [0.05, 0.1) is 17.3 Å². The predicted octanol–water partition coefficient (Wildman–Crippen LogP) is 3.82. The topological polar surface area (TPSA) is 83.6 Å². The Morgan fingerprint density at radius 3 is 2.75 bits per heavy atom. The maximum Gasteiger partial charge on any atom is 0.259 e. The molecule has 136 valence electrons.